The molecule has 1 aromatic carbocycles. The first kappa shape index (κ1) is 14.4. The van der Waals surface area contributed by atoms with Crippen LogP contribution in [0.2, 0.25) is 0 Å². The standard InChI is InChI=1S/C17H18N2O3/c1-11-13(12-5-2-3-6-14(12)18-11)9-17(21)19-15(10-20)16-7-4-8-22-16/h2-8,15,18,20H,9-10H2,1H3,(H,19,21). The van der Waals surface area contributed by atoms with Gasteiger partial charge >= 0.3 is 0 Å². The van der Waals surface area contributed by atoms with E-state index < -0.39 is 6.04 Å². The number of carbonyl (C=O) groups excluding carboxylic acids is 1. The Bertz CT molecular complexity index is 774. The number of rotatable bonds is 5. The Balaban J connectivity index is 1.77. The Kier molecular flexibility index (Phi) is 3.98. The van der Waals surface area contributed by atoms with Gasteiger partial charge in [0.15, 0.2) is 0 Å². The van der Waals surface area contributed by atoms with E-state index in [1.807, 2.05) is 31.2 Å². The van der Waals surface area contributed by atoms with Gasteiger partial charge in [-0.2, -0.15) is 0 Å². The molecule has 0 aliphatic rings. The largest absolute Gasteiger partial charge is 0.467 e. The first-order chi connectivity index (χ1) is 10.7. The van der Waals surface area contributed by atoms with Gasteiger partial charge in [-0.25, -0.2) is 0 Å². The second-order valence-corrected chi connectivity index (χ2v) is 5.27. The van der Waals surface area contributed by atoms with Gasteiger partial charge < -0.3 is 19.8 Å². The zero-order valence-electron chi connectivity index (χ0n) is 12.3. The molecule has 2 aromatic heterocycles. The molecule has 22 heavy (non-hydrogen) atoms. The molecule has 0 fully saturated rings. The summed E-state index contributed by atoms with van der Waals surface area (Å²) < 4.78 is 5.24. The van der Waals surface area contributed by atoms with Crippen molar-refractivity contribution in [2.45, 2.75) is 19.4 Å². The van der Waals surface area contributed by atoms with E-state index in [2.05, 4.69) is 10.3 Å². The third-order valence-electron chi connectivity index (χ3n) is 3.77. The summed E-state index contributed by atoms with van der Waals surface area (Å²) in [5, 5.41) is 13.3. The Morgan fingerprint density at radius 3 is 2.86 bits per heavy atom. The van der Waals surface area contributed by atoms with Gasteiger partial charge in [-0.05, 0) is 30.7 Å². The third kappa shape index (κ3) is 2.76. The molecule has 0 bridgehead atoms. The van der Waals surface area contributed by atoms with Crippen molar-refractivity contribution in [3.8, 4) is 0 Å². The van der Waals surface area contributed by atoms with E-state index in [9.17, 15) is 9.90 Å². The van der Waals surface area contributed by atoms with E-state index in [0.29, 0.717) is 5.76 Å². The number of aromatic nitrogens is 1. The number of hydrogen-bond donors (Lipinski definition) is 3. The molecule has 5 nitrogen and oxygen atoms in total. The van der Waals surface area contributed by atoms with Crippen LogP contribution in [0.1, 0.15) is 23.1 Å². The predicted molar refractivity (Wildman–Crippen MR) is 83.4 cm³/mol. The maximum atomic E-state index is 12.3. The molecule has 3 N–H and O–H groups in total. The molecule has 3 aromatic rings. The van der Waals surface area contributed by atoms with Crippen molar-refractivity contribution in [2.24, 2.45) is 0 Å². The van der Waals surface area contributed by atoms with Crippen molar-refractivity contribution in [3.05, 3.63) is 59.7 Å². The van der Waals surface area contributed by atoms with Crippen molar-refractivity contribution in [3.63, 3.8) is 0 Å². The van der Waals surface area contributed by atoms with Crippen LogP contribution in [0.3, 0.4) is 0 Å². The molecule has 2 heterocycles. The van der Waals surface area contributed by atoms with Crippen LogP contribution in [0.5, 0.6) is 0 Å². The first-order valence-corrected chi connectivity index (χ1v) is 7.19. The highest BCUT2D eigenvalue weighted by molar-refractivity contribution is 5.90. The number of hydrogen-bond acceptors (Lipinski definition) is 3. The van der Waals surface area contributed by atoms with Crippen molar-refractivity contribution in [1.29, 1.82) is 0 Å². The van der Waals surface area contributed by atoms with Crippen LogP contribution in [0.15, 0.2) is 47.1 Å². The molecule has 0 aliphatic heterocycles. The zero-order valence-corrected chi connectivity index (χ0v) is 12.3. The van der Waals surface area contributed by atoms with Crippen LogP contribution in [0.25, 0.3) is 10.9 Å². The van der Waals surface area contributed by atoms with E-state index in [0.717, 1.165) is 22.2 Å². The topological polar surface area (TPSA) is 78.3 Å². The number of carbonyl (C=O) groups is 1. The lowest BCUT2D eigenvalue weighted by Gasteiger charge is -2.14. The number of furan rings is 1. The Hall–Kier alpha value is -2.53. The summed E-state index contributed by atoms with van der Waals surface area (Å²) in [6, 6.07) is 10.8. The fourth-order valence-corrected chi connectivity index (χ4v) is 2.66. The number of aryl methyl sites for hydroxylation is 1. The molecule has 114 valence electrons. The zero-order chi connectivity index (χ0) is 15.5. The number of aromatic amines is 1. The summed E-state index contributed by atoms with van der Waals surface area (Å²) in [5.41, 5.74) is 2.98. The van der Waals surface area contributed by atoms with Gasteiger partial charge in [0.25, 0.3) is 0 Å². The van der Waals surface area contributed by atoms with Gasteiger partial charge in [-0.3, -0.25) is 4.79 Å². The molecular weight excluding hydrogens is 280 g/mol. The smallest absolute Gasteiger partial charge is 0.225 e. The highest BCUT2D eigenvalue weighted by Crippen LogP contribution is 2.22. The Morgan fingerprint density at radius 2 is 2.14 bits per heavy atom. The van der Waals surface area contributed by atoms with Gasteiger partial charge in [0.2, 0.25) is 5.91 Å². The summed E-state index contributed by atoms with van der Waals surface area (Å²) in [5.74, 6) is 0.398. The fraction of sp³-hybridized carbons (Fsp3) is 0.235. The highest BCUT2D eigenvalue weighted by Gasteiger charge is 2.18. The first-order valence-electron chi connectivity index (χ1n) is 7.19. The molecule has 3 rings (SSSR count). The number of H-pyrrole nitrogens is 1. The van der Waals surface area contributed by atoms with E-state index >= 15 is 0 Å². The number of amides is 1. The molecule has 0 aliphatic carbocycles. The molecule has 5 heteroatoms. The quantitative estimate of drug-likeness (QED) is 0.677. The Labute approximate surface area is 128 Å². The minimum atomic E-state index is -0.520. The normalized spacial score (nSPS) is 12.5. The number of aliphatic hydroxyl groups is 1. The number of fused-ring (bicyclic) bond motifs is 1. The lowest BCUT2D eigenvalue weighted by molar-refractivity contribution is -0.121. The average molecular weight is 298 g/mol. The van der Waals surface area contributed by atoms with Crippen molar-refractivity contribution >= 4 is 16.8 Å². The van der Waals surface area contributed by atoms with Gasteiger partial charge in [0.05, 0.1) is 19.3 Å². The van der Waals surface area contributed by atoms with Crippen LogP contribution < -0.4 is 5.32 Å². The summed E-state index contributed by atoms with van der Waals surface area (Å²) in [6.45, 7) is 1.75. The summed E-state index contributed by atoms with van der Waals surface area (Å²) in [4.78, 5) is 15.6. The van der Waals surface area contributed by atoms with Crippen LogP contribution in [0, 0.1) is 6.92 Å². The second kappa shape index (κ2) is 6.07. The number of aliphatic hydroxyl groups excluding tert-OH is 1. The van der Waals surface area contributed by atoms with Crippen LogP contribution >= 0.6 is 0 Å². The van der Waals surface area contributed by atoms with E-state index in [1.54, 1.807) is 12.1 Å². The van der Waals surface area contributed by atoms with E-state index in [4.69, 9.17) is 4.42 Å². The molecule has 0 saturated carbocycles. The van der Waals surface area contributed by atoms with Crippen LogP contribution in [-0.4, -0.2) is 22.6 Å². The molecule has 1 unspecified atom stereocenters. The molecule has 0 spiro atoms. The molecule has 0 saturated heterocycles. The van der Waals surface area contributed by atoms with Gasteiger partial charge in [0.1, 0.15) is 11.8 Å². The molecule has 0 radical (unpaired) electrons. The SMILES string of the molecule is Cc1[nH]c2ccccc2c1CC(=O)NC(CO)c1ccco1. The second-order valence-electron chi connectivity index (χ2n) is 5.27. The van der Waals surface area contributed by atoms with Crippen LogP contribution in [0.4, 0.5) is 0 Å². The Morgan fingerprint density at radius 1 is 1.32 bits per heavy atom. The number of nitrogens with one attached hydrogen (secondary N) is 2. The maximum Gasteiger partial charge on any atom is 0.225 e. The molecule has 1 amide bonds. The van der Waals surface area contributed by atoms with Crippen molar-refractivity contribution < 1.29 is 14.3 Å². The predicted octanol–water partition coefficient (Wildman–Crippen LogP) is 2.46. The fourth-order valence-electron chi connectivity index (χ4n) is 2.66. The lowest BCUT2D eigenvalue weighted by atomic mass is 10.1. The maximum absolute atomic E-state index is 12.3. The minimum Gasteiger partial charge on any atom is -0.467 e. The van der Waals surface area contributed by atoms with Gasteiger partial charge in [-0.1, -0.05) is 18.2 Å². The van der Waals surface area contributed by atoms with Crippen molar-refractivity contribution in [2.75, 3.05) is 6.61 Å². The van der Waals surface area contributed by atoms with Crippen molar-refractivity contribution in [1.82, 2.24) is 10.3 Å². The monoisotopic (exact) mass is 298 g/mol. The average Bonchev–Trinajstić information content (AvgIpc) is 3.14. The lowest BCUT2D eigenvalue weighted by Crippen LogP contribution is -2.31. The number of benzene rings is 1. The highest BCUT2D eigenvalue weighted by atomic mass is 16.3. The van der Waals surface area contributed by atoms with Gasteiger partial charge in [-0.15, -0.1) is 0 Å². The summed E-state index contributed by atoms with van der Waals surface area (Å²) >= 11 is 0. The van der Waals surface area contributed by atoms with Crippen LogP contribution in [-0.2, 0) is 11.2 Å². The number of para-hydroxylation sites is 1. The summed E-state index contributed by atoms with van der Waals surface area (Å²) in [7, 11) is 0. The third-order valence-corrected chi connectivity index (χ3v) is 3.77. The van der Waals surface area contributed by atoms with E-state index in [-0.39, 0.29) is 18.9 Å². The molecular formula is C17H18N2O3. The van der Waals surface area contributed by atoms with E-state index in [1.165, 1.54) is 6.26 Å². The summed E-state index contributed by atoms with van der Waals surface area (Å²) in [6.07, 6.45) is 1.78. The minimum absolute atomic E-state index is 0.150. The van der Waals surface area contributed by atoms with Gasteiger partial charge in [0, 0.05) is 16.6 Å². The molecule has 1 atom stereocenters.